The molecule has 1 atom stereocenters. The second kappa shape index (κ2) is 6.14. The molecule has 1 rings (SSSR count). The first-order valence-electron chi connectivity index (χ1n) is 5.98. The zero-order chi connectivity index (χ0) is 12.9. The molecular formula is C14H22O2Si. The lowest BCUT2D eigenvalue weighted by Crippen LogP contribution is -2.35. The first-order valence-corrected chi connectivity index (χ1v) is 8.80. The van der Waals surface area contributed by atoms with Crippen molar-refractivity contribution in [1.82, 2.24) is 0 Å². The molecule has 1 unspecified atom stereocenters. The van der Waals surface area contributed by atoms with Crippen LogP contribution in [0.1, 0.15) is 30.6 Å². The van der Waals surface area contributed by atoms with Gasteiger partial charge in [-0.15, -0.1) is 0 Å². The van der Waals surface area contributed by atoms with Gasteiger partial charge in [0.1, 0.15) is 0 Å². The highest BCUT2D eigenvalue weighted by Gasteiger charge is 2.28. The van der Waals surface area contributed by atoms with Crippen LogP contribution in [-0.4, -0.2) is 15.7 Å². The highest BCUT2D eigenvalue weighted by Crippen LogP contribution is 2.28. The van der Waals surface area contributed by atoms with Crippen LogP contribution in [0.3, 0.4) is 0 Å². The number of benzene rings is 1. The van der Waals surface area contributed by atoms with Crippen molar-refractivity contribution in [1.29, 1.82) is 0 Å². The Kier molecular flexibility index (Phi) is 5.12. The van der Waals surface area contributed by atoms with Gasteiger partial charge in [-0.05, 0) is 30.6 Å². The Morgan fingerprint density at radius 3 is 2.53 bits per heavy atom. The third kappa shape index (κ3) is 3.80. The summed E-state index contributed by atoms with van der Waals surface area (Å²) in [5.74, 6) is 0. The number of hydrogen-bond acceptors (Lipinski definition) is 2. The van der Waals surface area contributed by atoms with Crippen LogP contribution in [0.15, 0.2) is 30.8 Å². The highest BCUT2D eigenvalue weighted by molar-refractivity contribution is 6.64. The summed E-state index contributed by atoms with van der Waals surface area (Å²) in [6, 6.07) is 8.23. The predicted octanol–water partition coefficient (Wildman–Crippen LogP) is 4.15. The Morgan fingerprint density at radius 1 is 1.35 bits per heavy atom. The molecule has 0 bridgehead atoms. The summed E-state index contributed by atoms with van der Waals surface area (Å²) in [6.07, 6.45) is 2.90. The average molecular weight is 250 g/mol. The predicted molar refractivity (Wildman–Crippen MR) is 75.1 cm³/mol. The molecular weight excluding hydrogens is 228 g/mol. The summed E-state index contributed by atoms with van der Waals surface area (Å²) in [4.78, 5) is 0. The van der Waals surface area contributed by atoms with Crippen molar-refractivity contribution < 1.29 is 8.85 Å². The lowest BCUT2D eigenvalue weighted by atomic mass is 10.0. The third-order valence-corrected chi connectivity index (χ3v) is 4.69. The van der Waals surface area contributed by atoms with E-state index in [1.807, 2.05) is 18.2 Å². The van der Waals surface area contributed by atoms with Gasteiger partial charge >= 0.3 is 8.56 Å². The Morgan fingerprint density at radius 2 is 2.00 bits per heavy atom. The van der Waals surface area contributed by atoms with Crippen molar-refractivity contribution >= 4 is 14.6 Å². The molecule has 0 aromatic heterocycles. The fraction of sp³-hybridized carbons (Fsp3) is 0.429. The standard InChI is InChI=1S/C14H22O2Si/c1-6-12-10-8-9-11-13(12)14(7-2)16-17(4,5)15-3/h6,8-11,14H,1,7H2,2-5H3. The van der Waals surface area contributed by atoms with E-state index in [-0.39, 0.29) is 6.10 Å². The molecule has 0 aliphatic heterocycles. The Labute approximate surface area is 106 Å². The third-order valence-electron chi connectivity index (χ3n) is 2.85. The fourth-order valence-electron chi connectivity index (χ4n) is 1.75. The van der Waals surface area contributed by atoms with Gasteiger partial charge in [-0.1, -0.05) is 43.8 Å². The van der Waals surface area contributed by atoms with E-state index in [1.54, 1.807) is 7.11 Å². The summed E-state index contributed by atoms with van der Waals surface area (Å²) in [5.41, 5.74) is 2.34. The van der Waals surface area contributed by atoms with Crippen LogP contribution in [0.5, 0.6) is 0 Å². The van der Waals surface area contributed by atoms with Crippen molar-refractivity contribution in [3.8, 4) is 0 Å². The Balaban J connectivity index is 2.97. The largest absolute Gasteiger partial charge is 0.398 e. The lowest BCUT2D eigenvalue weighted by molar-refractivity contribution is 0.134. The minimum absolute atomic E-state index is 0.0887. The molecule has 0 saturated heterocycles. The second-order valence-electron chi connectivity index (χ2n) is 4.45. The average Bonchev–Trinajstić information content (AvgIpc) is 2.36. The lowest BCUT2D eigenvalue weighted by Gasteiger charge is -2.28. The minimum Gasteiger partial charge on any atom is -0.398 e. The molecule has 3 heteroatoms. The van der Waals surface area contributed by atoms with E-state index < -0.39 is 8.56 Å². The summed E-state index contributed by atoms with van der Waals surface area (Å²) >= 11 is 0. The zero-order valence-corrected chi connectivity index (χ0v) is 12.2. The second-order valence-corrected chi connectivity index (χ2v) is 7.90. The molecule has 0 radical (unpaired) electrons. The van der Waals surface area contributed by atoms with E-state index in [1.165, 1.54) is 5.56 Å². The van der Waals surface area contributed by atoms with Crippen LogP contribution in [-0.2, 0) is 8.85 Å². The Bertz CT molecular complexity index is 374. The van der Waals surface area contributed by atoms with E-state index in [0.717, 1.165) is 12.0 Å². The molecule has 94 valence electrons. The number of hydrogen-bond donors (Lipinski definition) is 0. The normalized spacial score (nSPS) is 13.4. The topological polar surface area (TPSA) is 18.5 Å². The van der Waals surface area contributed by atoms with Crippen LogP contribution in [0.25, 0.3) is 6.08 Å². The SMILES string of the molecule is C=Cc1ccccc1C(CC)O[Si](C)(C)OC. The molecule has 0 amide bonds. The van der Waals surface area contributed by atoms with Crippen LogP contribution in [0.2, 0.25) is 13.1 Å². The van der Waals surface area contributed by atoms with Gasteiger partial charge in [0.2, 0.25) is 0 Å². The molecule has 0 spiro atoms. The molecule has 0 aliphatic rings. The van der Waals surface area contributed by atoms with E-state index in [9.17, 15) is 0 Å². The van der Waals surface area contributed by atoms with Gasteiger partial charge in [0.25, 0.3) is 0 Å². The van der Waals surface area contributed by atoms with Crippen LogP contribution >= 0.6 is 0 Å². The molecule has 1 aromatic carbocycles. The van der Waals surface area contributed by atoms with Gasteiger partial charge < -0.3 is 8.85 Å². The smallest absolute Gasteiger partial charge is 0.331 e. The van der Waals surface area contributed by atoms with Crippen LogP contribution in [0, 0.1) is 0 Å². The monoisotopic (exact) mass is 250 g/mol. The zero-order valence-electron chi connectivity index (χ0n) is 11.2. The van der Waals surface area contributed by atoms with E-state index in [4.69, 9.17) is 8.85 Å². The maximum Gasteiger partial charge on any atom is 0.331 e. The van der Waals surface area contributed by atoms with Crippen LogP contribution in [0.4, 0.5) is 0 Å². The molecule has 0 fully saturated rings. The van der Waals surface area contributed by atoms with Crippen molar-refractivity contribution in [3.63, 3.8) is 0 Å². The van der Waals surface area contributed by atoms with Crippen LogP contribution < -0.4 is 0 Å². The van der Waals surface area contributed by atoms with Gasteiger partial charge in [0, 0.05) is 7.11 Å². The molecule has 0 N–H and O–H groups in total. The van der Waals surface area contributed by atoms with Crippen molar-refractivity contribution in [2.45, 2.75) is 32.5 Å². The van der Waals surface area contributed by atoms with Gasteiger partial charge in [-0.3, -0.25) is 0 Å². The first-order chi connectivity index (χ1) is 8.04. The minimum atomic E-state index is -2.01. The maximum absolute atomic E-state index is 6.13. The van der Waals surface area contributed by atoms with E-state index in [2.05, 4.69) is 38.7 Å². The molecule has 17 heavy (non-hydrogen) atoms. The summed E-state index contributed by atoms with van der Waals surface area (Å²) in [7, 11) is -0.294. The van der Waals surface area contributed by atoms with Gasteiger partial charge in [-0.25, -0.2) is 0 Å². The highest BCUT2D eigenvalue weighted by atomic mass is 28.4. The summed E-state index contributed by atoms with van der Waals surface area (Å²) in [5, 5.41) is 0. The quantitative estimate of drug-likeness (QED) is 0.706. The Hall–Kier alpha value is -0.903. The summed E-state index contributed by atoms with van der Waals surface area (Å²) < 4.78 is 11.6. The van der Waals surface area contributed by atoms with E-state index in [0.29, 0.717) is 0 Å². The number of rotatable bonds is 6. The van der Waals surface area contributed by atoms with Crippen molar-refractivity contribution in [3.05, 3.63) is 42.0 Å². The van der Waals surface area contributed by atoms with Gasteiger partial charge in [0.05, 0.1) is 6.10 Å². The first kappa shape index (κ1) is 14.2. The van der Waals surface area contributed by atoms with Gasteiger partial charge in [-0.2, -0.15) is 0 Å². The molecule has 2 nitrogen and oxygen atoms in total. The summed E-state index contributed by atoms with van der Waals surface area (Å²) in [6.45, 7) is 10.1. The van der Waals surface area contributed by atoms with Crippen molar-refractivity contribution in [2.24, 2.45) is 0 Å². The molecule has 1 aromatic rings. The fourth-order valence-corrected chi connectivity index (χ4v) is 2.82. The van der Waals surface area contributed by atoms with Crippen molar-refractivity contribution in [2.75, 3.05) is 7.11 Å². The molecule has 0 saturated carbocycles. The van der Waals surface area contributed by atoms with Gasteiger partial charge in [0.15, 0.2) is 0 Å². The molecule has 0 aliphatic carbocycles. The molecule has 0 heterocycles. The maximum atomic E-state index is 6.13. The van der Waals surface area contributed by atoms with E-state index >= 15 is 0 Å².